The zero-order chi connectivity index (χ0) is 13.3. The van der Waals surface area contributed by atoms with Gasteiger partial charge in [-0.15, -0.1) is 0 Å². The van der Waals surface area contributed by atoms with Crippen LogP contribution in [0, 0.1) is 17.3 Å². The molecule has 5 aliphatic rings. The molecule has 5 rings (SSSR count). The van der Waals surface area contributed by atoms with Crippen LogP contribution >= 0.6 is 0 Å². The van der Waals surface area contributed by atoms with E-state index in [1.807, 2.05) is 0 Å². The molecule has 2 bridgehead atoms. The maximum absolute atomic E-state index is 12.0. The number of ether oxygens (including phenoxy) is 1. The number of carbonyl (C=O) groups excluding carboxylic acids is 1. The second-order valence-electron chi connectivity index (χ2n) is 7.69. The number of Topliss-reactive ketones (excluding diaryl/α,β-unsaturated/α-hetero) is 1. The summed E-state index contributed by atoms with van der Waals surface area (Å²) in [6.45, 7) is 4.85. The summed E-state index contributed by atoms with van der Waals surface area (Å²) in [6.07, 6.45) is 8.68. The molecule has 1 heterocycles. The average Bonchev–Trinajstić information content (AvgIpc) is 2.38. The van der Waals surface area contributed by atoms with E-state index in [0.717, 1.165) is 49.4 Å². The summed E-state index contributed by atoms with van der Waals surface area (Å²) in [5, 5.41) is 0. The lowest BCUT2D eigenvalue weighted by molar-refractivity contribution is -0.219. The summed E-state index contributed by atoms with van der Waals surface area (Å²) in [5.41, 5.74) is 1.57. The van der Waals surface area contributed by atoms with Gasteiger partial charge in [0.2, 0.25) is 0 Å². The van der Waals surface area contributed by atoms with Gasteiger partial charge in [-0.05, 0) is 49.9 Å². The topological polar surface area (TPSA) is 26.3 Å². The van der Waals surface area contributed by atoms with Crippen LogP contribution < -0.4 is 0 Å². The summed E-state index contributed by atoms with van der Waals surface area (Å²) in [5.74, 6) is 3.06. The molecule has 0 amide bonds. The van der Waals surface area contributed by atoms with Gasteiger partial charge < -0.3 is 4.74 Å². The highest BCUT2D eigenvalue weighted by atomic mass is 16.5. The molecule has 3 saturated carbocycles. The monoisotopic (exact) mass is 260 g/mol. The Labute approximate surface area is 115 Å². The number of rotatable bonds is 0. The van der Waals surface area contributed by atoms with Crippen molar-refractivity contribution in [3.63, 3.8) is 0 Å². The minimum atomic E-state index is 0.0781. The Balaban J connectivity index is 1.66. The molecule has 2 nitrogen and oxygen atoms in total. The van der Waals surface area contributed by atoms with Gasteiger partial charge in [0.05, 0.1) is 0 Å². The molecule has 0 unspecified atom stereocenters. The van der Waals surface area contributed by atoms with E-state index in [9.17, 15) is 4.79 Å². The lowest BCUT2D eigenvalue weighted by atomic mass is 9.43. The summed E-state index contributed by atoms with van der Waals surface area (Å²) >= 11 is 0. The minimum Gasteiger partial charge on any atom is -0.491 e. The van der Waals surface area contributed by atoms with Crippen LogP contribution in [0.15, 0.2) is 11.3 Å². The smallest absolute Gasteiger partial charge is 0.162 e. The maximum Gasteiger partial charge on any atom is 0.162 e. The van der Waals surface area contributed by atoms with Gasteiger partial charge in [-0.2, -0.15) is 0 Å². The second kappa shape index (κ2) is 3.65. The normalized spacial score (nSPS) is 43.6. The molecule has 4 aliphatic carbocycles. The number of hydrogen-bond donors (Lipinski definition) is 0. The van der Waals surface area contributed by atoms with Gasteiger partial charge in [-0.25, -0.2) is 0 Å². The SMILES string of the molecule is CC1(C)[C@H]2CC[C@@]3(CCC4=C(CCCC4=O)O3)[C@@H]1C2. The van der Waals surface area contributed by atoms with Crippen LogP contribution in [-0.2, 0) is 9.53 Å². The summed E-state index contributed by atoms with van der Waals surface area (Å²) in [6, 6.07) is 0. The van der Waals surface area contributed by atoms with Crippen LogP contribution in [0.2, 0.25) is 0 Å². The van der Waals surface area contributed by atoms with Crippen molar-refractivity contribution in [2.24, 2.45) is 17.3 Å². The predicted octanol–water partition coefficient (Wildman–Crippen LogP) is 4.00. The van der Waals surface area contributed by atoms with Gasteiger partial charge in [-0.3, -0.25) is 4.79 Å². The first-order valence-electron chi connectivity index (χ1n) is 7.97. The van der Waals surface area contributed by atoms with E-state index in [4.69, 9.17) is 4.74 Å². The first-order chi connectivity index (χ1) is 9.03. The Morgan fingerprint density at radius 1 is 1.16 bits per heavy atom. The third kappa shape index (κ3) is 1.46. The molecule has 19 heavy (non-hydrogen) atoms. The molecular weight excluding hydrogens is 236 g/mol. The lowest BCUT2D eigenvalue weighted by Gasteiger charge is -2.65. The highest BCUT2D eigenvalue weighted by Gasteiger charge is 2.63. The summed E-state index contributed by atoms with van der Waals surface area (Å²) in [7, 11) is 0. The predicted molar refractivity (Wildman–Crippen MR) is 73.5 cm³/mol. The number of allylic oxidation sites excluding steroid dienone is 2. The number of carbonyl (C=O) groups is 1. The Morgan fingerprint density at radius 2 is 2.00 bits per heavy atom. The number of fused-ring (bicyclic) bond motifs is 1. The van der Waals surface area contributed by atoms with Gasteiger partial charge in [0, 0.05) is 24.3 Å². The molecule has 0 aromatic rings. The van der Waals surface area contributed by atoms with E-state index in [0.29, 0.717) is 17.1 Å². The molecule has 3 atom stereocenters. The van der Waals surface area contributed by atoms with Crippen LogP contribution in [-0.4, -0.2) is 11.4 Å². The van der Waals surface area contributed by atoms with E-state index in [1.165, 1.54) is 19.3 Å². The van der Waals surface area contributed by atoms with E-state index in [-0.39, 0.29) is 5.60 Å². The standard InChI is InChI=1S/C17H24O2/c1-16(2)11-6-8-17(15(16)10-11)9-7-12-13(18)4-3-5-14(12)19-17/h11,15H,3-10H2,1-2H3/t11-,15+,17+/m0/s1. The fourth-order valence-electron chi connectivity index (χ4n) is 5.30. The highest BCUT2D eigenvalue weighted by Crippen LogP contribution is 2.66. The van der Waals surface area contributed by atoms with Crippen LogP contribution in [0.1, 0.15) is 65.2 Å². The van der Waals surface area contributed by atoms with Crippen molar-refractivity contribution in [3.8, 4) is 0 Å². The van der Waals surface area contributed by atoms with E-state index in [2.05, 4.69) is 13.8 Å². The van der Waals surface area contributed by atoms with Crippen molar-refractivity contribution in [1.29, 1.82) is 0 Å². The molecule has 0 saturated heterocycles. The average molecular weight is 260 g/mol. The Kier molecular flexibility index (Phi) is 2.30. The number of ketones is 1. The van der Waals surface area contributed by atoms with Crippen molar-refractivity contribution in [3.05, 3.63) is 11.3 Å². The molecule has 0 radical (unpaired) electrons. The molecule has 1 aliphatic heterocycles. The molecule has 2 heteroatoms. The minimum absolute atomic E-state index is 0.0781. The van der Waals surface area contributed by atoms with E-state index >= 15 is 0 Å². The first kappa shape index (κ1) is 12.0. The Hall–Kier alpha value is -0.790. The third-order valence-corrected chi connectivity index (χ3v) is 6.63. The lowest BCUT2D eigenvalue weighted by Crippen LogP contribution is -2.63. The van der Waals surface area contributed by atoms with Crippen molar-refractivity contribution in [1.82, 2.24) is 0 Å². The van der Waals surface area contributed by atoms with Crippen LogP contribution in [0.3, 0.4) is 0 Å². The highest BCUT2D eigenvalue weighted by molar-refractivity contribution is 5.96. The Morgan fingerprint density at radius 3 is 2.74 bits per heavy atom. The van der Waals surface area contributed by atoms with E-state index in [1.54, 1.807) is 0 Å². The molecule has 0 aromatic carbocycles. The largest absolute Gasteiger partial charge is 0.491 e. The summed E-state index contributed by atoms with van der Waals surface area (Å²) < 4.78 is 6.53. The first-order valence-corrected chi connectivity index (χ1v) is 7.97. The number of hydrogen-bond acceptors (Lipinski definition) is 2. The molecule has 3 fully saturated rings. The quantitative estimate of drug-likeness (QED) is 0.658. The van der Waals surface area contributed by atoms with Crippen LogP contribution in [0.4, 0.5) is 0 Å². The van der Waals surface area contributed by atoms with Gasteiger partial charge >= 0.3 is 0 Å². The zero-order valence-electron chi connectivity index (χ0n) is 12.1. The molecular formula is C17H24O2. The van der Waals surface area contributed by atoms with Crippen LogP contribution in [0.25, 0.3) is 0 Å². The van der Waals surface area contributed by atoms with Crippen molar-refractivity contribution in [2.45, 2.75) is 70.8 Å². The third-order valence-electron chi connectivity index (χ3n) is 6.63. The molecule has 0 N–H and O–H groups in total. The van der Waals surface area contributed by atoms with Crippen molar-refractivity contribution < 1.29 is 9.53 Å². The Bertz CT molecular complexity index is 472. The zero-order valence-corrected chi connectivity index (χ0v) is 12.1. The van der Waals surface area contributed by atoms with Crippen molar-refractivity contribution >= 4 is 5.78 Å². The fraction of sp³-hybridized carbons (Fsp3) is 0.824. The van der Waals surface area contributed by atoms with Gasteiger partial charge in [0.1, 0.15) is 11.4 Å². The van der Waals surface area contributed by atoms with Gasteiger partial charge in [0.25, 0.3) is 0 Å². The van der Waals surface area contributed by atoms with Crippen molar-refractivity contribution in [2.75, 3.05) is 0 Å². The molecule has 0 aromatic heterocycles. The summed E-state index contributed by atoms with van der Waals surface area (Å²) in [4.78, 5) is 12.0. The maximum atomic E-state index is 12.0. The van der Waals surface area contributed by atoms with Crippen LogP contribution in [0.5, 0.6) is 0 Å². The fourth-order valence-corrected chi connectivity index (χ4v) is 5.30. The molecule has 104 valence electrons. The van der Waals surface area contributed by atoms with Gasteiger partial charge in [0.15, 0.2) is 5.78 Å². The molecule has 1 spiro atoms. The van der Waals surface area contributed by atoms with Gasteiger partial charge in [-0.1, -0.05) is 13.8 Å². The van der Waals surface area contributed by atoms with E-state index < -0.39 is 0 Å². The second-order valence-corrected chi connectivity index (χ2v) is 7.69.